The first-order chi connectivity index (χ1) is 7.31. The van der Waals surface area contributed by atoms with Gasteiger partial charge in [0.25, 0.3) is 0 Å². The number of nitrogens with one attached hydrogen (secondary N) is 1. The Hall–Kier alpha value is -0.0400. The summed E-state index contributed by atoms with van der Waals surface area (Å²) in [6.45, 7) is 22.0. The molecule has 0 radical (unpaired) electrons. The second-order valence-corrected chi connectivity index (χ2v) is 8.79. The van der Waals surface area contributed by atoms with Crippen LogP contribution in [0.15, 0.2) is 0 Å². The van der Waals surface area contributed by atoms with Gasteiger partial charge in [-0.05, 0) is 56.9 Å². The molecule has 0 aliphatic rings. The van der Waals surface area contributed by atoms with Gasteiger partial charge in [-0.15, -0.1) is 0 Å². The zero-order valence-electron chi connectivity index (χ0n) is 13.7. The Morgan fingerprint density at radius 3 is 1.59 bits per heavy atom. The highest BCUT2D eigenvalue weighted by Gasteiger charge is 2.27. The quantitative estimate of drug-likeness (QED) is 0.741. The fraction of sp³-hybridized carbons (Fsp3) is 1.00. The topological polar surface area (TPSA) is 12.0 Å². The van der Waals surface area contributed by atoms with Crippen molar-refractivity contribution < 1.29 is 0 Å². The minimum atomic E-state index is 0.227. The van der Waals surface area contributed by atoms with Crippen molar-refractivity contribution >= 4 is 0 Å². The Balaban J connectivity index is 4.37. The van der Waals surface area contributed by atoms with Gasteiger partial charge in [-0.1, -0.05) is 41.5 Å². The highest BCUT2D eigenvalue weighted by molar-refractivity contribution is 4.81. The second kappa shape index (κ2) is 5.73. The molecule has 1 nitrogen and oxygen atoms in total. The number of hydrogen-bond donors (Lipinski definition) is 1. The molecule has 0 fully saturated rings. The van der Waals surface area contributed by atoms with Gasteiger partial charge in [-0.2, -0.15) is 0 Å². The second-order valence-electron chi connectivity index (χ2n) is 8.79. The van der Waals surface area contributed by atoms with Crippen LogP contribution in [0.4, 0.5) is 0 Å². The van der Waals surface area contributed by atoms with Crippen LogP contribution in [-0.4, -0.2) is 12.1 Å². The van der Waals surface area contributed by atoms with Gasteiger partial charge in [0.2, 0.25) is 0 Å². The Bertz CT molecular complexity index is 191. The first-order valence-corrected chi connectivity index (χ1v) is 7.06. The maximum Gasteiger partial charge on any atom is 0.00966 e. The average Bonchev–Trinajstić information content (AvgIpc) is 1.96. The summed E-state index contributed by atoms with van der Waals surface area (Å²) in [6, 6.07) is 0. The molecular formula is C16H35N. The molecule has 0 spiro atoms. The van der Waals surface area contributed by atoms with E-state index in [1.165, 1.54) is 12.8 Å². The van der Waals surface area contributed by atoms with E-state index >= 15 is 0 Å². The molecule has 0 bridgehead atoms. The van der Waals surface area contributed by atoms with Crippen molar-refractivity contribution in [3.05, 3.63) is 0 Å². The lowest BCUT2D eigenvalue weighted by molar-refractivity contribution is 0.180. The third kappa shape index (κ3) is 9.64. The van der Waals surface area contributed by atoms with E-state index in [1.54, 1.807) is 0 Å². The van der Waals surface area contributed by atoms with E-state index in [1.807, 2.05) is 0 Å². The molecule has 17 heavy (non-hydrogen) atoms. The molecule has 0 aliphatic carbocycles. The first-order valence-electron chi connectivity index (χ1n) is 7.06. The summed E-state index contributed by atoms with van der Waals surface area (Å²) in [6.07, 6.45) is 2.62. The maximum absolute atomic E-state index is 3.66. The normalized spacial score (nSPS) is 16.1. The summed E-state index contributed by atoms with van der Waals surface area (Å²) in [5, 5.41) is 3.66. The van der Waals surface area contributed by atoms with Gasteiger partial charge in [0.1, 0.15) is 0 Å². The van der Waals surface area contributed by atoms with Gasteiger partial charge < -0.3 is 5.32 Å². The molecule has 0 heterocycles. The molecule has 1 atom stereocenters. The summed E-state index contributed by atoms with van der Waals surface area (Å²) in [4.78, 5) is 0. The molecule has 0 rings (SSSR count). The van der Waals surface area contributed by atoms with Crippen molar-refractivity contribution in [1.82, 2.24) is 5.32 Å². The highest BCUT2D eigenvalue weighted by atomic mass is 14.9. The van der Waals surface area contributed by atoms with E-state index in [-0.39, 0.29) is 5.54 Å². The SMILES string of the molecule is CC(C)(C)CCC(CNC(C)(C)C)C(C)(C)C. The first kappa shape index (κ1) is 17.0. The third-order valence-corrected chi connectivity index (χ3v) is 3.35. The number of hydrogen-bond acceptors (Lipinski definition) is 1. The van der Waals surface area contributed by atoms with Crippen molar-refractivity contribution in [1.29, 1.82) is 0 Å². The Labute approximate surface area is 110 Å². The van der Waals surface area contributed by atoms with Crippen LogP contribution < -0.4 is 5.32 Å². The fourth-order valence-electron chi connectivity index (χ4n) is 1.88. The Kier molecular flexibility index (Phi) is 5.72. The van der Waals surface area contributed by atoms with Gasteiger partial charge in [0, 0.05) is 5.54 Å². The van der Waals surface area contributed by atoms with E-state index in [4.69, 9.17) is 0 Å². The van der Waals surface area contributed by atoms with Crippen LogP contribution in [0.25, 0.3) is 0 Å². The van der Waals surface area contributed by atoms with Gasteiger partial charge in [-0.25, -0.2) is 0 Å². The monoisotopic (exact) mass is 241 g/mol. The molecule has 0 amide bonds. The van der Waals surface area contributed by atoms with Crippen molar-refractivity contribution in [2.75, 3.05) is 6.54 Å². The van der Waals surface area contributed by atoms with Crippen LogP contribution in [0, 0.1) is 16.7 Å². The van der Waals surface area contributed by atoms with Gasteiger partial charge >= 0.3 is 0 Å². The van der Waals surface area contributed by atoms with Crippen LogP contribution in [0.2, 0.25) is 0 Å². The average molecular weight is 241 g/mol. The Morgan fingerprint density at radius 2 is 1.29 bits per heavy atom. The molecule has 1 heteroatoms. The summed E-state index contributed by atoms with van der Waals surface area (Å²) in [5.41, 5.74) is 1.07. The molecule has 0 aromatic heterocycles. The standard InChI is InChI=1S/C16H35N/c1-14(2,3)11-10-13(15(4,5)6)12-17-16(7,8)9/h13,17H,10-12H2,1-9H3. The molecule has 0 aromatic carbocycles. The molecular weight excluding hydrogens is 206 g/mol. The lowest BCUT2D eigenvalue weighted by Crippen LogP contribution is -2.42. The summed E-state index contributed by atoms with van der Waals surface area (Å²) in [7, 11) is 0. The lowest BCUT2D eigenvalue weighted by atomic mass is 9.75. The zero-order valence-corrected chi connectivity index (χ0v) is 13.7. The molecule has 104 valence electrons. The minimum Gasteiger partial charge on any atom is -0.312 e. The van der Waals surface area contributed by atoms with Crippen LogP contribution in [0.1, 0.15) is 75.2 Å². The van der Waals surface area contributed by atoms with Gasteiger partial charge in [0.05, 0.1) is 0 Å². The van der Waals surface area contributed by atoms with Crippen molar-refractivity contribution in [2.24, 2.45) is 16.7 Å². The maximum atomic E-state index is 3.66. The number of rotatable bonds is 4. The van der Waals surface area contributed by atoms with E-state index in [0.29, 0.717) is 10.8 Å². The highest BCUT2D eigenvalue weighted by Crippen LogP contribution is 2.33. The van der Waals surface area contributed by atoms with E-state index in [0.717, 1.165) is 12.5 Å². The molecule has 0 saturated heterocycles. The molecule has 1 N–H and O–H groups in total. The lowest BCUT2D eigenvalue weighted by Gasteiger charge is -2.35. The predicted octanol–water partition coefficient (Wildman–Crippen LogP) is 4.86. The predicted molar refractivity (Wildman–Crippen MR) is 79.4 cm³/mol. The molecule has 0 aromatic rings. The molecule has 0 saturated carbocycles. The molecule has 0 aliphatic heterocycles. The smallest absolute Gasteiger partial charge is 0.00966 e. The van der Waals surface area contributed by atoms with Crippen LogP contribution in [0.5, 0.6) is 0 Å². The van der Waals surface area contributed by atoms with E-state index in [2.05, 4.69) is 67.6 Å². The van der Waals surface area contributed by atoms with Gasteiger partial charge in [-0.3, -0.25) is 0 Å². The van der Waals surface area contributed by atoms with E-state index in [9.17, 15) is 0 Å². The minimum absolute atomic E-state index is 0.227. The summed E-state index contributed by atoms with van der Waals surface area (Å²) in [5.74, 6) is 0.751. The van der Waals surface area contributed by atoms with Crippen LogP contribution >= 0.6 is 0 Å². The van der Waals surface area contributed by atoms with Crippen molar-refractivity contribution in [2.45, 2.75) is 80.7 Å². The van der Waals surface area contributed by atoms with Crippen LogP contribution in [0.3, 0.4) is 0 Å². The zero-order chi connectivity index (χ0) is 13.9. The summed E-state index contributed by atoms with van der Waals surface area (Å²) < 4.78 is 0. The van der Waals surface area contributed by atoms with Gasteiger partial charge in [0.15, 0.2) is 0 Å². The largest absolute Gasteiger partial charge is 0.312 e. The Morgan fingerprint density at radius 1 is 0.824 bits per heavy atom. The fourth-order valence-corrected chi connectivity index (χ4v) is 1.88. The molecule has 1 unspecified atom stereocenters. The third-order valence-electron chi connectivity index (χ3n) is 3.35. The van der Waals surface area contributed by atoms with Crippen LogP contribution in [-0.2, 0) is 0 Å². The van der Waals surface area contributed by atoms with Crippen molar-refractivity contribution in [3.63, 3.8) is 0 Å². The van der Waals surface area contributed by atoms with E-state index < -0.39 is 0 Å². The summed E-state index contributed by atoms with van der Waals surface area (Å²) >= 11 is 0. The van der Waals surface area contributed by atoms with Crippen molar-refractivity contribution in [3.8, 4) is 0 Å².